The number of amides is 1. The number of halogens is 1. The van der Waals surface area contributed by atoms with Gasteiger partial charge in [0.05, 0.1) is 6.07 Å². The van der Waals surface area contributed by atoms with Gasteiger partial charge in [0.2, 0.25) is 0 Å². The van der Waals surface area contributed by atoms with E-state index < -0.39 is 6.04 Å². The number of hydrogen-bond donors (Lipinski definition) is 0. The molecule has 0 saturated carbocycles. The second-order valence-electron chi connectivity index (χ2n) is 3.23. The maximum Gasteiger partial charge on any atom is 0.254 e. The Balaban J connectivity index is 2.91. The molecule has 1 amide bonds. The van der Waals surface area contributed by atoms with Gasteiger partial charge in [-0.2, -0.15) is 5.26 Å². The molecule has 1 unspecified atom stereocenters. The quantitative estimate of drug-likeness (QED) is 0.826. The second-order valence-corrected chi connectivity index (χ2v) is 4.15. The van der Waals surface area contributed by atoms with E-state index in [1.807, 2.05) is 12.1 Å². The first-order chi connectivity index (χ1) is 7.06. The van der Waals surface area contributed by atoms with Crippen molar-refractivity contribution in [3.05, 3.63) is 34.3 Å². The highest BCUT2D eigenvalue weighted by Gasteiger charge is 2.16. The summed E-state index contributed by atoms with van der Waals surface area (Å²) in [6.07, 6.45) is 0. The van der Waals surface area contributed by atoms with Crippen LogP contribution >= 0.6 is 15.9 Å². The van der Waals surface area contributed by atoms with Crippen molar-refractivity contribution in [3.63, 3.8) is 0 Å². The third kappa shape index (κ3) is 2.80. The average Bonchev–Trinajstić information content (AvgIpc) is 2.26. The monoisotopic (exact) mass is 266 g/mol. The van der Waals surface area contributed by atoms with E-state index in [1.165, 1.54) is 4.90 Å². The molecule has 78 valence electrons. The van der Waals surface area contributed by atoms with E-state index in [9.17, 15) is 4.79 Å². The van der Waals surface area contributed by atoms with Gasteiger partial charge in [0.25, 0.3) is 5.91 Å². The van der Waals surface area contributed by atoms with Crippen LogP contribution in [0.1, 0.15) is 17.3 Å². The Labute approximate surface area is 97.4 Å². The van der Waals surface area contributed by atoms with Crippen LogP contribution in [0.2, 0.25) is 0 Å². The maximum atomic E-state index is 11.9. The third-order valence-corrected chi connectivity index (χ3v) is 2.65. The largest absolute Gasteiger partial charge is 0.326 e. The Morgan fingerprint density at radius 1 is 1.60 bits per heavy atom. The van der Waals surface area contributed by atoms with Crippen molar-refractivity contribution < 1.29 is 4.79 Å². The van der Waals surface area contributed by atoms with Crippen LogP contribution in [0.4, 0.5) is 0 Å². The predicted octanol–water partition coefficient (Wildman–Crippen LogP) is 2.43. The van der Waals surface area contributed by atoms with Crippen molar-refractivity contribution in [2.24, 2.45) is 0 Å². The third-order valence-electron chi connectivity index (χ3n) is 2.16. The van der Waals surface area contributed by atoms with Gasteiger partial charge in [0.1, 0.15) is 6.04 Å². The summed E-state index contributed by atoms with van der Waals surface area (Å²) in [5.41, 5.74) is 0.578. The molecule has 0 aromatic heterocycles. The number of benzene rings is 1. The Morgan fingerprint density at radius 2 is 2.27 bits per heavy atom. The molecule has 4 heteroatoms. The Hall–Kier alpha value is -1.34. The van der Waals surface area contributed by atoms with Crippen LogP contribution in [0, 0.1) is 11.3 Å². The molecule has 0 aliphatic rings. The summed E-state index contributed by atoms with van der Waals surface area (Å²) in [5, 5.41) is 8.70. The van der Waals surface area contributed by atoms with E-state index in [2.05, 4.69) is 15.9 Å². The lowest BCUT2D eigenvalue weighted by Gasteiger charge is -2.19. The van der Waals surface area contributed by atoms with Gasteiger partial charge in [-0.1, -0.05) is 22.0 Å². The summed E-state index contributed by atoms with van der Waals surface area (Å²) in [5.74, 6) is -0.148. The fourth-order valence-electron chi connectivity index (χ4n) is 1.09. The summed E-state index contributed by atoms with van der Waals surface area (Å²) in [6.45, 7) is 1.69. The predicted molar refractivity (Wildman–Crippen MR) is 61.3 cm³/mol. The number of nitrogens with zero attached hydrogens (tertiary/aromatic N) is 2. The minimum absolute atomic E-state index is 0.148. The van der Waals surface area contributed by atoms with E-state index in [1.54, 1.807) is 32.2 Å². The van der Waals surface area contributed by atoms with E-state index in [4.69, 9.17) is 5.26 Å². The van der Waals surface area contributed by atoms with Crippen molar-refractivity contribution in [1.82, 2.24) is 4.90 Å². The lowest BCUT2D eigenvalue weighted by Crippen LogP contribution is -2.33. The summed E-state index contributed by atoms with van der Waals surface area (Å²) >= 11 is 3.30. The Bertz CT molecular complexity index is 411. The van der Waals surface area contributed by atoms with Crippen LogP contribution in [-0.2, 0) is 0 Å². The molecule has 3 nitrogen and oxygen atoms in total. The zero-order valence-corrected chi connectivity index (χ0v) is 10.2. The van der Waals surface area contributed by atoms with E-state index in [0.717, 1.165) is 4.47 Å². The molecule has 0 fully saturated rings. The average molecular weight is 267 g/mol. The van der Waals surface area contributed by atoms with Crippen molar-refractivity contribution in [1.29, 1.82) is 5.26 Å². The first kappa shape index (κ1) is 11.7. The van der Waals surface area contributed by atoms with Crippen LogP contribution in [0.15, 0.2) is 28.7 Å². The molecule has 0 heterocycles. The zero-order chi connectivity index (χ0) is 11.4. The molecular formula is C11H11BrN2O. The standard InChI is InChI=1S/C11H11BrN2O/c1-8(7-13)14(2)11(15)9-4-3-5-10(12)6-9/h3-6,8H,1-2H3. The molecule has 0 spiro atoms. The molecule has 0 radical (unpaired) electrons. The summed E-state index contributed by atoms with van der Waals surface area (Å²) in [6, 6.07) is 8.72. The van der Waals surface area contributed by atoms with Crippen molar-refractivity contribution in [2.75, 3.05) is 7.05 Å². The van der Waals surface area contributed by atoms with Crippen LogP contribution < -0.4 is 0 Å². The SMILES string of the molecule is CC(C#N)N(C)C(=O)c1cccc(Br)c1. The van der Waals surface area contributed by atoms with E-state index in [-0.39, 0.29) is 5.91 Å². The van der Waals surface area contributed by atoms with Crippen molar-refractivity contribution in [3.8, 4) is 6.07 Å². The molecule has 0 N–H and O–H groups in total. The van der Waals surface area contributed by atoms with Gasteiger partial charge in [-0.25, -0.2) is 0 Å². The van der Waals surface area contributed by atoms with Crippen LogP contribution in [0.3, 0.4) is 0 Å². The fourth-order valence-corrected chi connectivity index (χ4v) is 1.49. The zero-order valence-electron chi connectivity index (χ0n) is 8.57. The van der Waals surface area contributed by atoms with Crippen molar-refractivity contribution >= 4 is 21.8 Å². The molecule has 0 bridgehead atoms. The molecule has 1 atom stereocenters. The van der Waals surface area contributed by atoms with Gasteiger partial charge in [0.15, 0.2) is 0 Å². The highest BCUT2D eigenvalue weighted by Crippen LogP contribution is 2.13. The molecule has 1 aromatic carbocycles. The molecule has 1 rings (SSSR count). The summed E-state index contributed by atoms with van der Waals surface area (Å²) < 4.78 is 0.853. The van der Waals surface area contributed by atoms with E-state index in [0.29, 0.717) is 5.56 Å². The Morgan fingerprint density at radius 3 is 2.80 bits per heavy atom. The topological polar surface area (TPSA) is 44.1 Å². The Kier molecular flexibility index (Phi) is 3.87. The number of nitriles is 1. The lowest BCUT2D eigenvalue weighted by molar-refractivity contribution is 0.0773. The molecule has 0 aliphatic heterocycles. The van der Waals surface area contributed by atoms with Crippen LogP contribution in [0.25, 0.3) is 0 Å². The number of carbonyl (C=O) groups excluding carboxylic acids is 1. The lowest BCUT2D eigenvalue weighted by atomic mass is 10.2. The first-order valence-corrected chi connectivity index (χ1v) is 5.28. The minimum atomic E-state index is -0.420. The highest BCUT2D eigenvalue weighted by atomic mass is 79.9. The minimum Gasteiger partial charge on any atom is -0.326 e. The second kappa shape index (κ2) is 4.94. The van der Waals surface area contributed by atoms with Gasteiger partial charge >= 0.3 is 0 Å². The number of rotatable bonds is 2. The van der Waals surface area contributed by atoms with Gasteiger partial charge in [0, 0.05) is 17.1 Å². The fraction of sp³-hybridized carbons (Fsp3) is 0.273. The summed E-state index contributed by atoms with van der Waals surface area (Å²) in [7, 11) is 1.62. The van der Waals surface area contributed by atoms with Gasteiger partial charge < -0.3 is 4.90 Å². The normalized spacial score (nSPS) is 11.6. The van der Waals surface area contributed by atoms with Gasteiger partial charge in [-0.05, 0) is 25.1 Å². The maximum absolute atomic E-state index is 11.9. The van der Waals surface area contributed by atoms with Gasteiger partial charge in [-0.3, -0.25) is 4.79 Å². The summed E-state index contributed by atoms with van der Waals surface area (Å²) in [4.78, 5) is 13.3. The number of carbonyl (C=O) groups is 1. The first-order valence-electron chi connectivity index (χ1n) is 4.48. The molecule has 15 heavy (non-hydrogen) atoms. The van der Waals surface area contributed by atoms with Crippen molar-refractivity contribution in [2.45, 2.75) is 13.0 Å². The number of hydrogen-bond acceptors (Lipinski definition) is 2. The smallest absolute Gasteiger partial charge is 0.254 e. The van der Waals surface area contributed by atoms with E-state index >= 15 is 0 Å². The van der Waals surface area contributed by atoms with Gasteiger partial charge in [-0.15, -0.1) is 0 Å². The highest BCUT2D eigenvalue weighted by molar-refractivity contribution is 9.10. The molecular weight excluding hydrogens is 256 g/mol. The molecule has 0 saturated heterocycles. The molecule has 0 aliphatic carbocycles. The van der Waals surface area contributed by atoms with Crippen LogP contribution in [0.5, 0.6) is 0 Å². The van der Waals surface area contributed by atoms with Crippen LogP contribution in [-0.4, -0.2) is 23.9 Å². The molecule has 1 aromatic rings.